The molecule has 0 amide bonds. The Morgan fingerprint density at radius 3 is 2.54 bits per heavy atom. The van der Waals surface area contributed by atoms with E-state index in [1.165, 1.54) is 32.2 Å². The average Bonchev–Trinajstić information content (AvgIpc) is 2.37. The maximum Gasteiger partial charge on any atom is 0.0470 e. The number of H-pyrrole nitrogens is 1. The van der Waals surface area contributed by atoms with Gasteiger partial charge in [-0.3, -0.25) is 0 Å². The molecule has 0 aliphatic heterocycles. The van der Waals surface area contributed by atoms with Crippen LogP contribution in [0.5, 0.6) is 0 Å². The summed E-state index contributed by atoms with van der Waals surface area (Å²) in [6, 6.07) is 4.26. The molecule has 1 N–H and O–H groups in total. The highest BCUT2D eigenvalue weighted by molar-refractivity contribution is 9.10. The first kappa shape index (κ1) is 8.82. The predicted molar refractivity (Wildman–Crippen MR) is 60.2 cm³/mol. The number of halogens is 1. The Morgan fingerprint density at radius 2 is 1.85 bits per heavy atom. The van der Waals surface area contributed by atoms with E-state index in [-0.39, 0.29) is 0 Å². The third kappa shape index (κ3) is 1.20. The highest BCUT2D eigenvalue weighted by Gasteiger charge is 2.08. The quantitative estimate of drug-likeness (QED) is 0.717. The number of aryl methyl sites for hydroxylation is 3. The van der Waals surface area contributed by atoms with Gasteiger partial charge in [-0.1, -0.05) is 6.07 Å². The number of benzene rings is 1. The maximum absolute atomic E-state index is 3.62. The molecule has 0 aliphatic rings. The molecule has 68 valence electrons. The fourth-order valence-electron chi connectivity index (χ4n) is 1.63. The summed E-state index contributed by atoms with van der Waals surface area (Å²) in [6.45, 7) is 6.38. The van der Waals surface area contributed by atoms with Crippen LogP contribution < -0.4 is 0 Å². The van der Waals surface area contributed by atoms with Crippen LogP contribution in [0.3, 0.4) is 0 Å². The highest BCUT2D eigenvalue weighted by Crippen LogP contribution is 2.31. The normalized spacial score (nSPS) is 11.1. The van der Waals surface area contributed by atoms with Crippen molar-refractivity contribution in [3.63, 3.8) is 0 Å². The molecule has 13 heavy (non-hydrogen) atoms. The predicted octanol–water partition coefficient (Wildman–Crippen LogP) is 3.86. The lowest BCUT2D eigenvalue weighted by atomic mass is 10.1. The number of aromatic amines is 1. The number of hydrogen-bond donors (Lipinski definition) is 1. The summed E-state index contributed by atoms with van der Waals surface area (Å²) in [4.78, 5) is 3.36. The van der Waals surface area contributed by atoms with E-state index in [1.807, 2.05) is 0 Å². The van der Waals surface area contributed by atoms with Gasteiger partial charge in [0, 0.05) is 21.1 Å². The zero-order valence-corrected chi connectivity index (χ0v) is 9.62. The first-order valence-electron chi connectivity index (χ1n) is 4.35. The van der Waals surface area contributed by atoms with Crippen molar-refractivity contribution in [2.75, 3.05) is 0 Å². The van der Waals surface area contributed by atoms with Gasteiger partial charge in [-0.2, -0.15) is 0 Å². The van der Waals surface area contributed by atoms with Crippen LogP contribution in [0.1, 0.15) is 16.8 Å². The van der Waals surface area contributed by atoms with Gasteiger partial charge in [0.1, 0.15) is 0 Å². The minimum Gasteiger partial charge on any atom is -0.358 e. The lowest BCUT2D eigenvalue weighted by molar-refractivity contribution is 1.25. The Kier molecular flexibility index (Phi) is 1.95. The van der Waals surface area contributed by atoms with Crippen molar-refractivity contribution in [1.29, 1.82) is 0 Å². The topological polar surface area (TPSA) is 15.8 Å². The molecule has 0 unspecified atom stereocenters. The first-order valence-corrected chi connectivity index (χ1v) is 5.14. The van der Waals surface area contributed by atoms with Gasteiger partial charge in [0.2, 0.25) is 0 Å². The van der Waals surface area contributed by atoms with Crippen LogP contribution in [0.15, 0.2) is 16.6 Å². The third-order valence-corrected chi connectivity index (χ3v) is 3.62. The number of aromatic nitrogens is 1. The third-order valence-electron chi connectivity index (χ3n) is 2.59. The van der Waals surface area contributed by atoms with E-state index in [9.17, 15) is 0 Å². The fourth-order valence-corrected chi connectivity index (χ4v) is 2.28. The summed E-state index contributed by atoms with van der Waals surface area (Å²) >= 11 is 3.62. The van der Waals surface area contributed by atoms with E-state index >= 15 is 0 Å². The molecule has 1 nitrogen and oxygen atoms in total. The van der Waals surface area contributed by atoms with Crippen molar-refractivity contribution < 1.29 is 0 Å². The van der Waals surface area contributed by atoms with E-state index in [2.05, 4.69) is 53.8 Å². The van der Waals surface area contributed by atoms with E-state index in [4.69, 9.17) is 0 Å². The fraction of sp³-hybridized carbons (Fsp3) is 0.273. The number of fused-ring (bicyclic) bond motifs is 1. The van der Waals surface area contributed by atoms with Gasteiger partial charge in [-0.05, 0) is 53.9 Å². The van der Waals surface area contributed by atoms with Gasteiger partial charge in [0.05, 0.1) is 0 Å². The molecule has 0 aliphatic carbocycles. The average molecular weight is 238 g/mol. The van der Waals surface area contributed by atoms with Crippen LogP contribution in [-0.4, -0.2) is 4.98 Å². The van der Waals surface area contributed by atoms with Gasteiger partial charge >= 0.3 is 0 Å². The Balaban J connectivity index is 2.97. The van der Waals surface area contributed by atoms with Crippen LogP contribution >= 0.6 is 15.9 Å². The van der Waals surface area contributed by atoms with E-state index in [0.717, 1.165) is 0 Å². The SMILES string of the molecule is Cc1ccc2[nH]c(C)c(C)c2c1Br. The maximum atomic E-state index is 3.62. The molecule has 2 aromatic rings. The number of hydrogen-bond acceptors (Lipinski definition) is 0. The highest BCUT2D eigenvalue weighted by atomic mass is 79.9. The zero-order chi connectivity index (χ0) is 9.59. The van der Waals surface area contributed by atoms with Crippen LogP contribution in [0.2, 0.25) is 0 Å². The summed E-state index contributed by atoms with van der Waals surface area (Å²) in [5.74, 6) is 0. The molecule has 1 heterocycles. The van der Waals surface area contributed by atoms with Crippen molar-refractivity contribution in [2.45, 2.75) is 20.8 Å². The van der Waals surface area contributed by atoms with Crippen molar-refractivity contribution in [3.8, 4) is 0 Å². The number of rotatable bonds is 0. The van der Waals surface area contributed by atoms with Gasteiger partial charge in [0.15, 0.2) is 0 Å². The minimum absolute atomic E-state index is 1.21. The summed E-state index contributed by atoms with van der Waals surface area (Å²) in [6.07, 6.45) is 0. The van der Waals surface area contributed by atoms with Crippen molar-refractivity contribution in [3.05, 3.63) is 33.4 Å². The monoisotopic (exact) mass is 237 g/mol. The largest absolute Gasteiger partial charge is 0.358 e. The molecule has 0 saturated carbocycles. The molecule has 0 radical (unpaired) electrons. The van der Waals surface area contributed by atoms with Crippen LogP contribution in [0.4, 0.5) is 0 Å². The molecule has 0 fully saturated rings. The van der Waals surface area contributed by atoms with Crippen LogP contribution in [0, 0.1) is 20.8 Å². The van der Waals surface area contributed by atoms with Crippen molar-refractivity contribution >= 4 is 26.8 Å². The first-order chi connectivity index (χ1) is 6.11. The van der Waals surface area contributed by atoms with Gasteiger partial charge < -0.3 is 4.98 Å². The zero-order valence-electron chi connectivity index (χ0n) is 8.03. The second-order valence-corrected chi connectivity index (χ2v) is 4.29. The summed E-state index contributed by atoms with van der Waals surface area (Å²) in [5.41, 5.74) is 5.09. The molecule has 1 aromatic carbocycles. The summed E-state index contributed by atoms with van der Waals surface area (Å²) in [5, 5.41) is 1.32. The smallest absolute Gasteiger partial charge is 0.0470 e. The lowest BCUT2D eigenvalue weighted by Gasteiger charge is -2.00. The molecule has 0 saturated heterocycles. The molecule has 0 spiro atoms. The van der Waals surface area contributed by atoms with E-state index < -0.39 is 0 Å². The molecule has 2 heteroatoms. The second kappa shape index (κ2) is 2.88. The molecular formula is C11H12BrN. The lowest BCUT2D eigenvalue weighted by Crippen LogP contribution is -1.78. The standard InChI is InChI=1S/C11H12BrN/c1-6-4-5-9-10(11(6)12)7(2)8(3)13-9/h4-5,13H,1-3H3. The Bertz CT molecular complexity index is 468. The van der Waals surface area contributed by atoms with E-state index in [0.29, 0.717) is 0 Å². The van der Waals surface area contributed by atoms with Gasteiger partial charge in [-0.25, -0.2) is 0 Å². The molecular weight excluding hydrogens is 226 g/mol. The number of nitrogens with one attached hydrogen (secondary N) is 1. The summed E-state index contributed by atoms with van der Waals surface area (Å²) < 4.78 is 1.21. The molecule has 0 atom stereocenters. The second-order valence-electron chi connectivity index (χ2n) is 3.49. The Morgan fingerprint density at radius 1 is 1.15 bits per heavy atom. The van der Waals surface area contributed by atoms with Crippen molar-refractivity contribution in [2.24, 2.45) is 0 Å². The van der Waals surface area contributed by atoms with Crippen LogP contribution in [0.25, 0.3) is 10.9 Å². The summed E-state index contributed by atoms with van der Waals surface area (Å²) in [7, 11) is 0. The van der Waals surface area contributed by atoms with Gasteiger partial charge in [-0.15, -0.1) is 0 Å². The molecule has 2 rings (SSSR count). The minimum atomic E-state index is 1.21. The Hall–Kier alpha value is -0.760. The van der Waals surface area contributed by atoms with Gasteiger partial charge in [0.25, 0.3) is 0 Å². The van der Waals surface area contributed by atoms with Crippen molar-refractivity contribution in [1.82, 2.24) is 4.98 Å². The molecule has 0 bridgehead atoms. The van der Waals surface area contributed by atoms with E-state index in [1.54, 1.807) is 0 Å². The van der Waals surface area contributed by atoms with Crippen LogP contribution in [-0.2, 0) is 0 Å². The molecule has 1 aromatic heterocycles. The Labute approximate surface area is 86.3 Å².